The van der Waals surface area contributed by atoms with E-state index in [9.17, 15) is 0 Å². The van der Waals surface area contributed by atoms with Gasteiger partial charge in [-0.05, 0) is 73.3 Å². The molecule has 0 spiro atoms. The summed E-state index contributed by atoms with van der Waals surface area (Å²) in [7, 11) is 1.73. The fourth-order valence-corrected chi connectivity index (χ4v) is 5.15. The highest BCUT2D eigenvalue weighted by molar-refractivity contribution is 5.86. The van der Waals surface area contributed by atoms with E-state index in [0.29, 0.717) is 6.04 Å². The van der Waals surface area contributed by atoms with Gasteiger partial charge < -0.3 is 15.0 Å². The summed E-state index contributed by atoms with van der Waals surface area (Å²) in [5.41, 5.74) is 7.10. The molecule has 3 heteroatoms. The quantitative estimate of drug-likeness (QED) is 0.607. The molecule has 1 aliphatic carbocycles. The monoisotopic (exact) mass is 386 g/mol. The van der Waals surface area contributed by atoms with Crippen molar-refractivity contribution in [3.63, 3.8) is 0 Å². The second kappa shape index (κ2) is 8.08. The van der Waals surface area contributed by atoms with Gasteiger partial charge in [0.1, 0.15) is 5.75 Å². The number of fused-ring (bicyclic) bond motifs is 3. The van der Waals surface area contributed by atoms with Crippen LogP contribution in [-0.4, -0.2) is 24.7 Å². The molecule has 0 fully saturated rings. The minimum absolute atomic E-state index is 0.601. The van der Waals surface area contributed by atoms with Crippen LogP contribution in [0.4, 0.5) is 0 Å². The van der Waals surface area contributed by atoms with E-state index in [-0.39, 0.29) is 0 Å². The Kier molecular flexibility index (Phi) is 5.15. The average Bonchev–Trinajstić information content (AvgIpc) is 3.15. The first kappa shape index (κ1) is 18.5. The van der Waals surface area contributed by atoms with E-state index in [1.54, 1.807) is 12.7 Å². The van der Waals surface area contributed by atoms with Crippen LogP contribution in [-0.2, 0) is 12.8 Å². The summed E-state index contributed by atoms with van der Waals surface area (Å²) in [6.07, 6.45) is 9.75. The Hall–Kier alpha value is -2.52. The van der Waals surface area contributed by atoms with Crippen LogP contribution >= 0.6 is 0 Å². The van der Waals surface area contributed by atoms with E-state index < -0.39 is 0 Å². The molecule has 0 radical (unpaired) electrons. The number of H-pyrrole nitrogens is 1. The summed E-state index contributed by atoms with van der Waals surface area (Å²) < 4.78 is 5.39. The van der Waals surface area contributed by atoms with E-state index in [1.165, 1.54) is 59.8 Å². The number of aromatic amines is 1. The molecule has 0 saturated heterocycles. The van der Waals surface area contributed by atoms with Gasteiger partial charge in [0.2, 0.25) is 0 Å². The number of hydrogen-bond acceptors (Lipinski definition) is 2. The highest BCUT2D eigenvalue weighted by Crippen LogP contribution is 2.35. The Morgan fingerprint density at radius 3 is 2.79 bits per heavy atom. The van der Waals surface area contributed by atoms with Gasteiger partial charge in [-0.25, -0.2) is 0 Å². The van der Waals surface area contributed by atoms with Gasteiger partial charge in [-0.15, -0.1) is 0 Å². The van der Waals surface area contributed by atoms with Crippen molar-refractivity contribution >= 4 is 16.5 Å². The van der Waals surface area contributed by atoms with Gasteiger partial charge in [-0.1, -0.05) is 36.4 Å². The van der Waals surface area contributed by atoms with E-state index in [2.05, 4.69) is 64.9 Å². The Morgan fingerprint density at radius 1 is 1.03 bits per heavy atom. The third-order valence-corrected chi connectivity index (χ3v) is 6.79. The fourth-order valence-electron chi connectivity index (χ4n) is 5.15. The Labute approximate surface area is 173 Å². The van der Waals surface area contributed by atoms with E-state index >= 15 is 0 Å². The Morgan fingerprint density at radius 2 is 1.93 bits per heavy atom. The first-order valence-electron chi connectivity index (χ1n) is 11.0. The normalized spacial score (nSPS) is 21.6. The summed E-state index contributed by atoms with van der Waals surface area (Å²) in [5, 5.41) is 5.10. The van der Waals surface area contributed by atoms with Crippen molar-refractivity contribution < 1.29 is 4.74 Å². The molecule has 150 valence electrons. The van der Waals surface area contributed by atoms with E-state index in [4.69, 9.17) is 4.74 Å². The smallest absolute Gasteiger partial charge is 0.120 e. The van der Waals surface area contributed by atoms with Crippen molar-refractivity contribution in [2.75, 3.05) is 13.7 Å². The lowest BCUT2D eigenvalue weighted by Crippen LogP contribution is -2.33. The number of methoxy groups -OCH3 is 1. The zero-order valence-corrected chi connectivity index (χ0v) is 17.2. The lowest BCUT2D eigenvalue weighted by Gasteiger charge is -2.28. The first-order valence-corrected chi connectivity index (χ1v) is 11.0. The molecule has 3 nitrogen and oxygen atoms in total. The standard InChI is InChI=1S/C26H30N2O/c1-29-22-10-11-23-24-15-18(8-12-25(24)28-26(23)17-22)7-9-21-16-20(13-14-27-21)19-5-3-2-4-6-19/h2-6,10-11,13,17-18,21,27-28H,7-9,12,14-16H2,1H3. The highest BCUT2D eigenvalue weighted by atomic mass is 16.5. The minimum Gasteiger partial charge on any atom is -0.497 e. The number of nitrogens with one attached hydrogen (secondary N) is 2. The number of aryl methyl sites for hydroxylation is 1. The van der Waals surface area contributed by atoms with Gasteiger partial charge in [-0.2, -0.15) is 0 Å². The fraction of sp³-hybridized carbons (Fsp3) is 0.385. The van der Waals surface area contributed by atoms with Crippen molar-refractivity contribution in [2.45, 2.75) is 44.6 Å². The summed E-state index contributed by atoms with van der Waals surface area (Å²) in [6.45, 7) is 0.994. The zero-order chi connectivity index (χ0) is 19.6. The molecule has 2 aliphatic rings. The van der Waals surface area contributed by atoms with Gasteiger partial charge >= 0.3 is 0 Å². The van der Waals surface area contributed by atoms with Crippen LogP contribution in [0.25, 0.3) is 16.5 Å². The predicted molar refractivity (Wildman–Crippen MR) is 120 cm³/mol. The molecule has 2 atom stereocenters. The highest BCUT2D eigenvalue weighted by Gasteiger charge is 2.24. The van der Waals surface area contributed by atoms with Crippen molar-refractivity contribution in [1.82, 2.24) is 10.3 Å². The average molecular weight is 387 g/mol. The maximum atomic E-state index is 5.39. The molecule has 5 rings (SSSR count). The van der Waals surface area contributed by atoms with Crippen LogP contribution < -0.4 is 10.1 Å². The van der Waals surface area contributed by atoms with Gasteiger partial charge in [0.15, 0.2) is 0 Å². The first-order chi connectivity index (χ1) is 14.3. The summed E-state index contributed by atoms with van der Waals surface area (Å²) in [5.74, 6) is 1.72. The van der Waals surface area contributed by atoms with Gasteiger partial charge in [0.25, 0.3) is 0 Å². The number of ether oxygens (including phenoxy) is 1. The number of hydrogen-bond donors (Lipinski definition) is 2. The van der Waals surface area contributed by atoms with Crippen LogP contribution in [0.15, 0.2) is 54.6 Å². The number of rotatable bonds is 5. The van der Waals surface area contributed by atoms with Crippen LogP contribution in [0, 0.1) is 5.92 Å². The minimum atomic E-state index is 0.601. The molecule has 2 N–H and O–H groups in total. The second-order valence-electron chi connectivity index (χ2n) is 8.58. The molecule has 2 unspecified atom stereocenters. The van der Waals surface area contributed by atoms with Gasteiger partial charge in [0, 0.05) is 35.2 Å². The third kappa shape index (κ3) is 3.84. The summed E-state index contributed by atoms with van der Waals surface area (Å²) in [4.78, 5) is 3.64. The van der Waals surface area contributed by atoms with Crippen molar-refractivity contribution in [2.24, 2.45) is 5.92 Å². The number of benzene rings is 2. The maximum Gasteiger partial charge on any atom is 0.120 e. The van der Waals surface area contributed by atoms with E-state index in [1.807, 2.05) is 0 Å². The predicted octanol–water partition coefficient (Wildman–Crippen LogP) is 5.51. The van der Waals surface area contributed by atoms with Crippen LogP contribution in [0.2, 0.25) is 0 Å². The largest absolute Gasteiger partial charge is 0.497 e. The molecule has 1 aromatic heterocycles. The van der Waals surface area contributed by atoms with Crippen molar-refractivity contribution in [3.8, 4) is 5.75 Å². The second-order valence-corrected chi connectivity index (χ2v) is 8.58. The van der Waals surface area contributed by atoms with Crippen LogP contribution in [0.1, 0.15) is 42.5 Å². The summed E-state index contributed by atoms with van der Waals surface area (Å²) in [6, 6.07) is 17.9. The molecule has 2 aromatic carbocycles. The SMILES string of the molecule is COc1ccc2c3c([nH]c2c1)CCC(CCC1CC(c2ccccc2)=CCN1)C3. The topological polar surface area (TPSA) is 37.0 Å². The molecule has 2 heterocycles. The lowest BCUT2D eigenvalue weighted by atomic mass is 9.82. The molecular weight excluding hydrogens is 356 g/mol. The lowest BCUT2D eigenvalue weighted by molar-refractivity contribution is 0.374. The molecule has 0 amide bonds. The molecule has 0 bridgehead atoms. The van der Waals surface area contributed by atoms with Gasteiger partial charge in [-0.3, -0.25) is 0 Å². The third-order valence-electron chi connectivity index (χ3n) is 6.79. The maximum absolute atomic E-state index is 5.39. The summed E-state index contributed by atoms with van der Waals surface area (Å²) >= 11 is 0. The van der Waals surface area contributed by atoms with Crippen molar-refractivity contribution in [1.29, 1.82) is 0 Å². The van der Waals surface area contributed by atoms with Crippen LogP contribution in [0.3, 0.4) is 0 Å². The molecule has 3 aromatic rings. The zero-order valence-electron chi connectivity index (χ0n) is 17.2. The molecular formula is C26H30N2O. The van der Waals surface area contributed by atoms with E-state index in [0.717, 1.165) is 24.6 Å². The number of aromatic nitrogens is 1. The molecule has 29 heavy (non-hydrogen) atoms. The van der Waals surface area contributed by atoms with Crippen LogP contribution in [0.5, 0.6) is 5.75 Å². The van der Waals surface area contributed by atoms with Crippen molar-refractivity contribution in [3.05, 3.63) is 71.4 Å². The molecule has 1 aliphatic heterocycles. The Balaban J connectivity index is 1.22. The van der Waals surface area contributed by atoms with Gasteiger partial charge in [0.05, 0.1) is 7.11 Å². The Bertz CT molecular complexity index is 1020. The molecule has 0 saturated carbocycles.